The monoisotopic (exact) mass is 482 g/mol. The van der Waals surface area contributed by atoms with E-state index in [0.717, 1.165) is 12.0 Å². The molecule has 2 bridgehead atoms. The molecule has 1 aromatic carbocycles. The number of hydrogen-bond acceptors (Lipinski definition) is 5. The van der Waals surface area contributed by atoms with Crippen molar-refractivity contribution in [1.82, 2.24) is 20.9 Å². The largest absolute Gasteiger partial charge is 0.494 e. The maximum atomic E-state index is 13.6. The topological polar surface area (TPSA) is 129 Å². The minimum Gasteiger partial charge on any atom is -0.494 e. The third-order valence-electron chi connectivity index (χ3n) is 6.12. The lowest BCUT2D eigenvalue weighted by Crippen LogP contribution is -2.62. The standard InChI is InChI=1S/C26H34N4O5/c1-17(2)22-24(33)28-19(16-31)7-4-5-14-35-20-11-9-18(10-12-20)15-26(3,25(34)29-22)30-23(32)21-8-6-13-27-21/h6,8-13,16-17,19,22,27H,4-5,7,14-15H2,1-3H3,(H,28,33)(H,29,34)(H,30,32)/t19-,22-,26-/m0/s1. The molecule has 0 aliphatic carbocycles. The summed E-state index contributed by atoms with van der Waals surface area (Å²) in [4.78, 5) is 53.9. The molecule has 3 atom stereocenters. The van der Waals surface area contributed by atoms with Crippen LogP contribution >= 0.6 is 0 Å². The van der Waals surface area contributed by atoms with Crippen LogP contribution in [0.3, 0.4) is 0 Å². The van der Waals surface area contributed by atoms with E-state index in [1.54, 1.807) is 25.3 Å². The van der Waals surface area contributed by atoms with Crippen molar-refractivity contribution in [1.29, 1.82) is 0 Å². The van der Waals surface area contributed by atoms with Crippen LogP contribution in [0.2, 0.25) is 0 Å². The minimum atomic E-state index is -1.37. The van der Waals surface area contributed by atoms with Crippen LogP contribution in [0.4, 0.5) is 0 Å². The van der Waals surface area contributed by atoms with Gasteiger partial charge in [-0.1, -0.05) is 26.0 Å². The van der Waals surface area contributed by atoms with Crippen LogP contribution in [0.1, 0.15) is 56.1 Å². The van der Waals surface area contributed by atoms with E-state index >= 15 is 0 Å². The Kier molecular flexibility index (Phi) is 8.68. The Morgan fingerprint density at radius 3 is 2.51 bits per heavy atom. The van der Waals surface area contributed by atoms with Crippen LogP contribution in [0.15, 0.2) is 42.6 Å². The number of H-pyrrole nitrogens is 1. The summed E-state index contributed by atoms with van der Waals surface area (Å²) in [7, 11) is 0. The zero-order chi connectivity index (χ0) is 25.4. The second-order valence-electron chi connectivity index (χ2n) is 9.48. The molecule has 0 fully saturated rings. The Balaban J connectivity index is 1.93. The summed E-state index contributed by atoms with van der Waals surface area (Å²) in [6.07, 6.45) is 4.43. The summed E-state index contributed by atoms with van der Waals surface area (Å²) in [6, 6.07) is 9.14. The van der Waals surface area contributed by atoms with Gasteiger partial charge in [0.15, 0.2) is 0 Å². The molecule has 188 valence electrons. The minimum absolute atomic E-state index is 0.189. The lowest BCUT2D eigenvalue weighted by atomic mass is 9.90. The van der Waals surface area contributed by atoms with Crippen LogP contribution in [0.25, 0.3) is 0 Å². The summed E-state index contributed by atoms with van der Waals surface area (Å²) >= 11 is 0. The van der Waals surface area contributed by atoms with E-state index < -0.39 is 35.3 Å². The van der Waals surface area contributed by atoms with E-state index in [1.165, 1.54) is 0 Å². The molecule has 35 heavy (non-hydrogen) atoms. The third-order valence-corrected chi connectivity index (χ3v) is 6.12. The fourth-order valence-corrected chi connectivity index (χ4v) is 4.02. The molecule has 1 aromatic heterocycles. The maximum absolute atomic E-state index is 13.6. The third kappa shape index (κ3) is 6.94. The second-order valence-corrected chi connectivity index (χ2v) is 9.48. The molecule has 0 saturated carbocycles. The number of amides is 3. The Labute approximate surface area is 205 Å². The lowest BCUT2D eigenvalue weighted by Gasteiger charge is -2.33. The maximum Gasteiger partial charge on any atom is 0.268 e. The second kappa shape index (κ2) is 11.7. The Bertz CT molecular complexity index is 1020. The smallest absolute Gasteiger partial charge is 0.268 e. The lowest BCUT2D eigenvalue weighted by molar-refractivity contribution is -0.133. The van der Waals surface area contributed by atoms with Crippen LogP contribution in [0, 0.1) is 5.92 Å². The highest BCUT2D eigenvalue weighted by Gasteiger charge is 2.38. The summed E-state index contributed by atoms with van der Waals surface area (Å²) in [5.74, 6) is -0.930. The highest BCUT2D eigenvalue weighted by atomic mass is 16.5. The van der Waals surface area contributed by atoms with Crippen LogP contribution in [-0.2, 0) is 20.8 Å². The molecule has 2 aromatic rings. The van der Waals surface area contributed by atoms with Gasteiger partial charge in [0.05, 0.1) is 12.6 Å². The number of hydrogen-bond donors (Lipinski definition) is 4. The number of aromatic amines is 1. The van der Waals surface area contributed by atoms with Crippen molar-refractivity contribution in [3.63, 3.8) is 0 Å². The SMILES string of the molecule is CC(C)[C@@H]1NC(=O)[C@@](C)(NC(=O)c2ccc[nH]2)Cc2ccc(cc2)OCCCC[C@@H](C=O)NC1=O. The molecule has 0 unspecified atom stereocenters. The Morgan fingerprint density at radius 2 is 1.89 bits per heavy atom. The van der Waals surface area contributed by atoms with E-state index in [2.05, 4.69) is 20.9 Å². The highest BCUT2D eigenvalue weighted by molar-refractivity contribution is 5.99. The fraction of sp³-hybridized carbons (Fsp3) is 0.462. The Hall–Kier alpha value is -3.62. The number of carbonyl (C=O) groups is 4. The number of aromatic nitrogens is 1. The normalized spacial score (nSPS) is 24.1. The predicted molar refractivity (Wildman–Crippen MR) is 131 cm³/mol. The summed E-state index contributed by atoms with van der Waals surface area (Å²) in [5, 5.41) is 8.40. The summed E-state index contributed by atoms with van der Waals surface area (Å²) < 4.78 is 5.78. The van der Waals surface area contributed by atoms with E-state index in [1.807, 2.05) is 38.1 Å². The molecule has 9 heteroatoms. The fourth-order valence-electron chi connectivity index (χ4n) is 4.02. The molecule has 0 saturated heterocycles. The molecular weight excluding hydrogens is 448 g/mol. The van der Waals surface area contributed by atoms with E-state index in [4.69, 9.17) is 4.74 Å². The van der Waals surface area contributed by atoms with Crippen LogP contribution in [0.5, 0.6) is 5.75 Å². The van der Waals surface area contributed by atoms with Crippen molar-refractivity contribution in [2.75, 3.05) is 6.61 Å². The van der Waals surface area contributed by atoms with Gasteiger partial charge in [0.2, 0.25) is 11.8 Å². The average molecular weight is 483 g/mol. The zero-order valence-corrected chi connectivity index (χ0v) is 20.4. The molecule has 4 N–H and O–H groups in total. The summed E-state index contributed by atoms with van der Waals surface area (Å²) in [5.41, 5.74) is -0.230. The molecule has 0 spiro atoms. The van der Waals surface area contributed by atoms with Gasteiger partial charge in [-0.3, -0.25) is 14.4 Å². The molecule has 3 heterocycles. The van der Waals surface area contributed by atoms with E-state index in [9.17, 15) is 19.2 Å². The van der Waals surface area contributed by atoms with Crippen molar-refractivity contribution in [2.45, 2.75) is 64.1 Å². The number of benzene rings is 1. The molecule has 2 aliphatic heterocycles. The molecule has 2 aliphatic rings. The van der Waals surface area contributed by atoms with Crippen molar-refractivity contribution >= 4 is 24.0 Å². The number of rotatable bonds is 4. The number of fused-ring (bicyclic) bond motifs is 14. The van der Waals surface area contributed by atoms with Gasteiger partial charge in [0.1, 0.15) is 29.3 Å². The first kappa shape index (κ1) is 26.0. The molecule has 3 amide bonds. The molecular formula is C26H34N4O5. The average Bonchev–Trinajstić information content (AvgIpc) is 3.36. The van der Waals surface area contributed by atoms with Gasteiger partial charge in [0.25, 0.3) is 5.91 Å². The van der Waals surface area contributed by atoms with Crippen molar-refractivity contribution in [2.24, 2.45) is 5.92 Å². The highest BCUT2D eigenvalue weighted by Crippen LogP contribution is 2.20. The van der Waals surface area contributed by atoms with Gasteiger partial charge in [-0.2, -0.15) is 0 Å². The van der Waals surface area contributed by atoms with Crippen molar-refractivity contribution in [3.8, 4) is 5.75 Å². The van der Waals surface area contributed by atoms with Gasteiger partial charge in [0, 0.05) is 12.6 Å². The van der Waals surface area contributed by atoms with Gasteiger partial charge < -0.3 is 30.5 Å². The van der Waals surface area contributed by atoms with E-state index in [-0.39, 0.29) is 12.3 Å². The van der Waals surface area contributed by atoms with E-state index in [0.29, 0.717) is 37.2 Å². The van der Waals surface area contributed by atoms with Crippen LogP contribution in [-0.4, -0.2) is 53.2 Å². The zero-order valence-electron chi connectivity index (χ0n) is 20.4. The Morgan fingerprint density at radius 1 is 1.14 bits per heavy atom. The molecule has 0 radical (unpaired) electrons. The molecule has 4 rings (SSSR count). The summed E-state index contributed by atoms with van der Waals surface area (Å²) in [6.45, 7) is 5.74. The van der Waals surface area contributed by atoms with Gasteiger partial charge >= 0.3 is 0 Å². The van der Waals surface area contributed by atoms with Crippen molar-refractivity contribution < 1.29 is 23.9 Å². The van der Waals surface area contributed by atoms with Crippen LogP contribution < -0.4 is 20.7 Å². The first-order valence-electron chi connectivity index (χ1n) is 12.0. The molecule has 9 nitrogen and oxygen atoms in total. The number of nitrogens with one attached hydrogen (secondary N) is 4. The van der Waals surface area contributed by atoms with Gasteiger partial charge in [-0.05, 0) is 61.9 Å². The number of aldehydes is 1. The quantitative estimate of drug-likeness (QED) is 0.496. The van der Waals surface area contributed by atoms with Gasteiger partial charge in [-0.25, -0.2) is 0 Å². The predicted octanol–water partition coefficient (Wildman–Crippen LogP) is 2.13. The first-order valence-corrected chi connectivity index (χ1v) is 12.0. The number of carbonyl (C=O) groups excluding carboxylic acids is 4. The number of ether oxygens (including phenoxy) is 1. The van der Waals surface area contributed by atoms with Crippen molar-refractivity contribution in [3.05, 3.63) is 53.9 Å². The first-order chi connectivity index (χ1) is 16.7. The van der Waals surface area contributed by atoms with Gasteiger partial charge in [-0.15, -0.1) is 0 Å².